The minimum Gasteiger partial charge on any atom is -0.373 e. The van der Waals surface area contributed by atoms with E-state index in [9.17, 15) is 31.1 Å². The summed E-state index contributed by atoms with van der Waals surface area (Å²) in [5.41, 5.74) is -6.77. The van der Waals surface area contributed by atoms with Gasteiger partial charge in [0.25, 0.3) is 5.91 Å². The summed E-state index contributed by atoms with van der Waals surface area (Å²) in [7, 11) is 0. The summed E-state index contributed by atoms with van der Waals surface area (Å²) in [6, 6.07) is 3.32. The van der Waals surface area contributed by atoms with Gasteiger partial charge in [0.15, 0.2) is 0 Å². The van der Waals surface area contributed by atoms with E-state index in [2.05, 4.69) is 0 Å². The van der Waals surface area contributed by atoms with Gasteiger partial charge in [-0.3, -0.25) is 4.79 Å². The molecule has 120 valence electrons. The minimum absolute atomic E-state index is 0.110. The quantitative estimate of drug-likeness (QED) is 0.821. The highest BCUT2D eigenvalue weighted by Crippen LogP contribution is 2.37. The molecule has 0 spiro atoms. The molecule has 1 rings (SSSR count). The lowest BCUT2D eigenvalue weighted by Crippen LogP contribution is -2.52. The molecule has 1 atom stereocenters. The monoisotopic (exact) mass is 326 g/mol. The SMILES string of the molecule is CC(O)(C(=O)Nc1ccc(C#N)cc1C(F)(F)F)C(F)(F)F. The molecule has 0 heterocycles. The third-order valence-corrected chi connectivity index (χ3v) is 2.70. The zero-order valence-electron chi connectivity index (χ0n) is 10.8. The molecule has 0 fully saturated rings. The van der Waals surface area contributed by atoms with Gasteiger partial charge in [-0.05, 0) is 25.1 Å². The fourth-order valence-corrected chi connectivity index (χ4v) is 1.33. The summed E-state index contributed by atoms with van der Waals surface area (Å²) >= 11 is 0. The predicted octanol–water partition coefficient (Wildman–Crippen LogP) is 2.83. The van der Waals surface area contributed by atoms with Crippen molar-refractivity contribution >= 4 is 11.6 Å². The normalized spacial score (nSPS) is 14.9. The molecule has 0 aliphatic heterocycles. The number of anilines is 1. The summed E-state index contributed by atoms with van der Waals surface area (Å²) in [6.45, 7) is 0.110. The van der Waals surface area contributed by atoms with E-state index in [4.69, 9.17) is 10.4 Å². The third kappa shape index (κ3) is 3.48. The molecule has 10 heteroatoms. The van der Waals surface area contributed by atoms with E-state index in [1.807, 2.05) is 0 Å². The Morgan fingerprint density at radius 1 is 1.23 bits per heavy atom. The molecule has 1 unspecified atom stereocenters. The Morgan fingerprint density at radius 3 is 2.18 bits per heavy atom. The number of halogens is 6. The Balaban J connectivity index is 3.25. The van der Waals surface area contributed by atoms with E-state index in [-0.39, 0.29) is 6.92 Å². The van der Waals surface area contributed by atoms with Crippen LogP contribution in [-0.4, -0.2) is 22.8 Å². The zero-order chi connectivity index (χ0) is 17.3. The molecule has 0 saturated heterocycles. The van der Waals surface area contributed by atoms with Gasteiger partial charge in [-0.15, -0.1) is 0 Å². The lowest BCUT2D eigenvalue weighted by atomic mass is 10.0. The van der Waals surface area contributed by atoms with E-state index >= 15 is 0 Å². The van der Waals surface area contributed by atoms with Gasteiger partial charge in [0, 0.05) is 0 Å². The number of nitrogens with zero attached hydrogens (tertiary/aromatic N) is 1. The van der Waals surface area contributed by atoms with Crippen LogP contribution in [0.1, 0.15) is 18.1 Å². The highest BCUT2D eigenvalue weighted by atomic mass is 19.4. The standard InChI is InChI=1S/C12H8F6N2O2/c1-10(22,12(16,17)18)9(21)20-8-3-2-6(5-19)4-7(8)11(13,14)15/h2-4,22H,1H3,(H,20,21). The first-order valence-corrected chi connectivity index (χ1v) is 5.52. The smallest absolute Gasteiger partial charge is 0.373 e. The molecule has 0 bridgehead atoms. The Morgan fingerprint density at radius 2 is 1.77 bits per heavy atom. The van der Waals surface area contributed by atoms with Gasteiger partial charge in [-0.1, -0.05) is 0 Å². The number of amides is 1. The fraction of sp³-hybridized carbons (Fsp3) is 0.333. The summed E-state index contributed by atoms with van der Waals surface area (Å²) in [6.07, 6.45) is -10.4. The highest BCUT2D eigenvalue weighted by Gasteiger charge is 2.56. The van der Waals surface area contributed by atoms with Gasteiger partial charge < -0.3 is 10.4 Å². The van der Waals surface area contributed by atoms with E-state index in [1.165, 1.54) is 11.4 Å². The third-order valence-electron chi connectivity index (χ3n) is 2.70. The van der Waals surface area contributed by atoms with Crippen LogP contribution in [0.3, 0.4) is 0 Å². The van der Waals surface area contributed by atoms with Crippen LogP contribution in [0.25, 0.3) is 0 Å². The van der Waals surface area contributed by atoms with E-state index < -0.39 is 40.7 Å². The van der Waals surface area contributed by atoms with Crippen LogP contribution < -0.4 is 5.32 Å². The topological polar surface area (TPSA) is 73.1 Å². The first-order valence-electron chi connectivity index (χ1n) is 5.52. The number of hydrogen-bond donors (Lipinski definition) is 2. The van der Waals surface area contributed by atoms with Crippen molar-refractivity contribution in [3.63, 3.8) is 0 Å². The molecule has 0 saturated carbocycles. The molecule has 0 radical (unpaired) electrons. The second-order valence-corrected chi connectivity index (χ2v) is 4.39. The van der Waals surface area contributed by atoms with Crippen LogP contribution in [0, 0.1) is 11.3 Å². The molecule has 1 aromatic carbocycles. The molecule has 1 aromatic rings. The maximum atomic E-state index is 12.8. The average molecular weight is 326 g/mol. The number of nitrogens with one attached hydrogen (secondary N) is 1. The fourth-order valence-electron chi connectivity index (χ4n) is 1.33. The van der Waals surface area contributed by atoms with Crippen molar-refractivity contribution in [1.82, 2.24) is 0 Å². The Labute approximate surface area is 120 Å². The summed E-state index contributed by atoms with van der Waals surface area (Å²) in [5.74, 6) is -2.07. The van der Waals surface area contributed by atoms with Crippen molar-refractivity contribution in [2.45, 2.75) is 24.9 Å². The number of alkyl halides is 6. The predicted molar refractivity (Wildman–Crippen MR) is 61.5 cm³/mol. The molecule has 0 aliphatic rings. The van der Waals surface area contributed by atoms with E-state index in [0.717, 1.165) is 6.07 Å². The van der Waals surface area contributed by atoms with Gasteiger partial charge in [-0.25, -0.2) is 0 Å². The summed E-state index contributed by atoms with van der Waals surface area (Å²) < 4.78 is 75.8. The highest BCUT2D eigenvalue weighted by molar-refractivity contribution is 5.98. The molecule has 0 aromatic heterocycles. The van der Waals surface area contributed by atoms with Crippen LogP contribution in [0.15, 0.2) is 18.2 Å². The van der Waals surface area contributed by atoms with Crippen molar-refractivity contribution in [3.05, 3.63) is 29.3 Å². The molecule has 0 aliphatic carbocycles. The first kappa shape index (κ1) is 17.8. The van der Waals surface area contributed by atoms with E-state index in [1.54, 1.807) is 0 Å². The Bertz CT molecular complexity index is 628. The Hall–Kier alpha value is -2.28. The van der Waals surface area contributed by atoms with Crippen LogP contribution in [0.2, 0.25) is 0 Å². The van der Waals surface area contributed by atoms with Crippen molar-refractivity contribution in [2.24, 2.45) is 0 Å². The number of nitriles is 1. The number of benzene rings is 1. The van der Waals surface area contributed by atoms with Gasteiger partial charge in [0.1, 0.15) is 0 Å². The molecular formula is C12H8F6N2O2. The number of aliphatic hydroxyl groups is 1. The number of carbonyl (C=O) groups excluding carboxylic acids is 1. The van der Waals surface area contributed by atoms with Gasteiger partial charge >= 0.3 is 12.4 Å². The lowest BCUT2D eigenvalue weighted by molar-refractivity contribution is -0.242. The van der Waals surface area contributed by atoms with Gasteiger partial charge in [-0.2, -0.15) is 31.6 Å². The molecule has 1 amide bonds. The van der Waals surface area contributed by atoms with Gasteiger partial charge in [0.05, 0.1) is 22.9 Å². The van der Waals surface area contributed by atoms with Crippen LogP contribution in [-0.2, 0) is 11.0 Å². The molecular weight excluding hydrogens is 318 g/mol. The number of carbonyl (C=O) groups is 1. The summed E-state index contributed by atoms with van der Waals surface area (Å²) in [4.78, 5) is 11.4. The second-order valence-electron chi connectivity index (χ2n) is 4.39. The van der Waals surface area contributed by atoms with Crippen molar-refractivity contribution in [3.8, 4) is 6.07 Å². The maximum absolute atomic E-state index is 12.8. The van der Waals surface area contributed by atoms with Crippen molar-refractivity contribution < 1.29 is 36.2 Å². The minimum atomic E-state index is -5.37. The average Bonchev–Trinajstić information content (AvgIpc) is 2.36. The largest absolute Gasteiger partial charge is 0.426 e. The number of hydrogen-bond acceptors (Lipinski definition) is 3. The van der Waals surface area contributed by atoms with Crippen LogP contribution >= 0.6 is 0 Å². The van der Waals surface area contributed by atoms with Gasteiger partial charge in [0.2, 0.25) is 5.60 Å². The maximum Gasteiger partial charge on any atom is 0.426 e. The summed E-state index contributed by atoms with van der Waals surface area (Å²) in [5, 5.41) is 19.0. The van der Waals surface area contributed by atoms with Crippen LogP contribution in [0.4, 0.5) is 32.0 Å². The molecule has 2 N–H and O–H groups in total. The Kier molecular flexibility index (Phi) is 4.43. The lowest BCUT2D eigenvalue weighted by Gasteiger charge is -2.25. The first-order chi connectivity index (χ1) is 9.80. The molecule has 22 heavy (non-hydrogen) atoms. The van der Waals surface area contributed by atoms with E-state index in [0.29, 0.717) is 12.1 Å². The number of rotatable bonds is 2. The van der Waals surface area contributed by atoms with Crippen LogP contribution in [0.5, 0.6) is 0 Å². The molecule has 4 nitrogen and oxygen atoms in total. The second kappa shape index (κ2) is 5.49. The zero-order valence-corrected chi connectivity index (χ0v) is 10.8. The van der Waals surface area contributed by atoms with Crippen molar-refractivity contribution in [2.75, 3.05) is 5.32 Å². The van der Waals surface area contributed by atoms with Crippen molar-refractivity contribution in [1.29, 1.82) is 5.26 Å².